The number of hydrogen-bond donors (Lipinski definition) is 3. The first-order valence-corrected chi connectivity index (χ1v) is 16.7. The number of alkyl carbamates (subject to hydrolysis) is 1. The van der Waals surface area contributed by atoms with Crippen molar-refractivity contribution in [3.05, 3.63) is 46.5 Å². The molecular formula is C33H41ClN4O8. The predicted octanol–water partition coefficient (Wildman–Crippen LogP) is 4.28. The lowest BCUT2D eigenvalue weighted by Crippen LogP contribution is -2.56. The second-order valence-electron chi connectivity index (χ2n) is 13.1. The molecule has 46 heavy (non-hydrogen) atoms. The molecule has 2 aliphatic carbocycles. The van der Waals surface area contributed by atoms with Gasteiger partial charge in [-0.25, -0.2) is 14.4 Å². The number of nitrogens with one attached hydrogen (secondary N) is 2. The summed E-state index contributed by atoms with van der Waals surface area (Å²) >= 11 is 6.33. The second kappa shape index (κ2) is 13.5. The van der Waals surface area contributed by atoms with Crippen molar-refractivity contribution in [2.45, 2.75) is 114 Å². The van der Waals surface area contributed by atoms with Crippen LogP contribution in [0.15, 0.2) is 30.4 Å². The lowest BCUT2D eigenvalue weighted by atomic mass is 10.0. The lowest BCUT2D eigenvalue weighted by Gasteiger charge is -2.29. The summed E-state index contributed by atoms with van der Waals surface area (Å²) in [4.78, 5) is 69.3. The molecule has 3 fully saturated rings. The number of halogens is 1. The molecule has 12 nitrogen and oxygen atoms in total. The van der Waals surface area contributed by atoms with Crippen molar-refractivity contribution in [1.29, 1.82) is 0 Å². The zero-order valence-electron chi connectivity index (χ0n) is 25.8. The number of allylic oxidation sites excluding steroid dienone is 1. The normalized spacial score (nSPS) is 29.9. The van der Waals surface area contributed by atoms with Crippen LogP contribution >= 0.6 is 11.6 Å². The van der Waals surface area contributed by atoms with E-state index in [1.165, 1.54) is 9.80 Å². The Morgan fingerprint density at radius 1 is 1.00 bits per heavy atom. The van der Waals surface area contributed by atoms with E-state index < -0.39 is 53.7 Å². The molecule has 0 bridgehead atoms. The standard InChI is InChI=1S/C33H41ClN4O8/c34-25-13-8-9-20-17-37(19-24(20)25)32(44)46-23-15-27-28(39)36-33(30(41)42)16-21(33)10-4-2-1-3-5-14-26(29(40)38(27)18-23)35-31(43)45-22-11-6-7-12-22/h4,8-10,13,21-23,26-27H,1-3,5-7,11-12,14-19H2,(H,35,43)(H,36,39)(H,41,42)/t21-,23-,26+,27+,33-/m1/s1. The van der Waals surface area contributed by atoms with Gasteiger partial charge in [0.2, 0.25) is 11.8 Å². The molecule has 1 aromatic rings. The van der Waals surface area contributed by atoms with Gasteiger partial charge in [0.1, 0.15) is 29.8 Å². The summed E-state index contributed by atoms with van der Waals surface area (Å²) in [5.74, 6) is -2.62. The molecule has 5 aliphatic rings. The SMILES string of the molecule is O=C(N[C@H]1CCCCCC=C[C@@H]2C[C@@]2(C(=O)O)NC(=O)[C@@H]2C[C@@H](OC(=O)N3Cc4cccc(Cl)c4C3)CN2C1=O)OC1CCCC1. The molecule has 0 radical (unpaired) electrons. The van der Waals surface area contributed by atoms with E-state index in [1.54, 1.807) is 6.07 Å². The molecule has 0 aromatic heterocycles. The van der Waals surface area contributed by atoms with Gasteiger partial charge in [-0.2, -0.15) is 0 Å². The summed E-state index contributed by atoms with van der Waals surface area (Å²) in [7, 11) is 0. The molecule has 1 aromatic carbocycles. The van der Waals surface area contributed by atoms with Crippen LogP contribution in [-0.2, 0) is 36.9 Å². The number of nitrogens with zero attached hydrogens (tertiary/aromatic N) is 2. The van der Waals surface area contributed by atoms with Gasteiger partial charge in [0.05, 0.1) is 13.1 Å². The van der Waals surface area contributed by atoms with E-state index in [9.17, 15) is 29.1 Å². The molecule has 2 saturated carbocycles. The summed E-state index contributed by atoms with van der Waals surface area (Å²) in [5, 5.41) is 16.1. The van der Waals surface area contributed by atoms with Gasteiger partial charge in [0.15, 0.2) is 0 Å². The van der Waals surface area contributed by atoms with Crippen LogP contribution in [0.4, 0.5) is 9.59 Å². The number of ether oxygens (including phenoxy) is 2. The number of carboxylic acid groups (broad SMARTS) is 1. The van der Waals surface area contributed by atoms with Crippen LogP contribution in [0.25, 0.3) is 0 Å². The fraction of sp³-hybridized carbons (Fsp3) is 0.606. The van der Waals surface area contributed by atoms with Gasteiger partial charge >= 0.3 is 18.2 Å². The molecule has 3 heterocycles. The number of rotatable bonds is 4. The smallest absolute Gasteiger partial charge is 0.410 e. The maximum atomic E-state index is 14.1. The Hall–Kier alpha value is -3.80. The van der Waals surface area contributed by atoms with Crippen molar-refractivity contribution in [2.75, 3.05) is 6.54 Å². The van der Waals surface area contributed by atoms with Gasteiger partial charge in [0.25, 0.3) is 0 Å². The fourth-order valence-corrected chi connectivity index (χ4v) is 7.46. The molecule has 0 spiro atoms. The topological polar surface area (TPSA) is 155 Å². The minimum absolute atomic E-state index is 0.0136. The molecule has 5 atom stereocenters. The van der Waals surface area contributed by atoms with Crippen LogP contribution in [0.1, 0.15) is 81.8 Å². The van der Waals surface area contributed by atoms with Crippen LogP contribution in [0.3, 0.4) is 0 Å². The van der Waals surface area contributed by atoms with Crippen LogP contribution < -0.4 is 10.6 Å². The van der Waals surface area contributed by atoms with E-state index in [-0.39, 0.29) is 38.0 Å². The van der Waals surface area contributed by atoms with Gasteiger partial charge in [-0.15, -0.1) is 0 Å². The van der Waals surface area contributed by atoms with Crippen molar-refractivity contribution < 1.29 is 38.6 Å². The van der Waals surface area contributed by atoms with Crippen molar-refractivity contribution in [3.8, 4) is 0 Å². The van der Waals surface area contributed by atoms with Crippen LogP contribution in [0, 0.1) is 5.92 Å². The van der Waals surface area contributed by atoms with E-state index in [4.69, 9.17) is 21.1 Å². The maximum absolute atomic E-state index is 14.1. The number of carbonyl (C=O) groups excluding carboxylic acids is 4. The first-order chi connectivity index (χ1) is 22.1. The monoisotopic (exact) mass is 656 g/mol. The van der Waals surface area contributed by atoms with Gasteiger partial charge in [-0.3, -0.25) is 14.5 Å². The maximum Gasteiger partial charge on any atom is 0.410 e. The molecule has 0 unspecified atom stereocenters. The van der Waals surface area contributed by atoms with E-state index in [2.05, 4.69) is 10.6 Å². The van der Waals surface area contributed by atoms with Gasteiger partial charge in [-0.05, 0) is 68.6 Å². The Morgan fingerprint density at radius 3 is 2.54 bits per heavy atom. The molecule has 3 aliphatic heterocycles. The summed E-state index contributed by atoms with van der Waals surface area (Å²) < 4.78 is 11.4. The second-order valence-corrected chi connectivity index (χ2v) is 13.5. The third-order valence-corrected chi connectivity index (χ3v) is 10.3. The highest BCUT2D eigenvalue weighted by Gasteiger charge is 2.61. The molecule has 6 rings (SSSR count). The molecule has 3 N–H and O–H groups in total. The Bertz CT molecular complexity index is 1410. The minimum Gasteiger partial charge on any atom is -0.479 e. The molecule has 13 heteroatoms. The summed E-state index contributed by atoms with van der Waals surface area (Å²) in [6.07, 6.45) is 8.62. The predicted molar refractivity (Wildman–Crippen MR) is 166 cm³/mol. The Balaban J connectivity index is 1.21. The molecule has 4 amide bonds. The zero-order chi connectivity index (χ0) is 32.4. The van der Waals surface area contributed by atoms with E-state index >= 15 is 0 Å². The fourth-order valence-electron chi connectivity index (χ4n) is 7.21. The Morgan fingerprint density at radius 2 is 1.78 bits per heavy atom. The Labute approximate surface area is 272 Å². The average Bonchev–Trinajstić information content (AvgIpc) is 3.45. The highest BCUT2D eigenvalue weighted by molar-refractivity contribution is 6.31. The van der Waals surface area contributed by atoms with Crippen molar-refractivity contribution >= 4 is 41.6 Å². The number of amides is 4. The van der Waals surface area contributed by atoms with E-state index in [0.717, 1.165) is 56.1 Å². The molecular weight excluding hydrogens is 616 g/mol. The minimum atomic E-state index is -1.46. The van der Waals surface area contributed by atoms with Crippen molar-refractivity contribution in [1.82, 2.24) is 20.4 Å². The van der Waals surface area contributed by atoms with Gasteiger partial charge in [0, 0.05) is 23.9 Å². The number of carboxylic acids is 1. The molecule has 248 valence electrons. The number of aliphatic carboxylic acids is 1. The zero-order valence-corrected chi connectivity index (χ0v) is 26.5. The number of carbonyl (C=O) groups is 5. The average molecular weight is 657 g/mol. The summed E-state index contributed by atoms with van der Waals surface area (Å²) in [5.41, 5.74) is 0.310. The highest BCUT2D eigenvalue weighted by atomic mass is 35.5. The third kappa shape index (κ3) is 6.82. The van der Waals surface area contributed by atoms with Crippen LogP contribution in [0.2, 0.25) is 5.02 Å². The quantitative estimate of drug-likeness (QED) is 0.406. The summed E-state index contributed by atoms with van der Waals surface area (Å²) in [6, 6.07) is 3.42. The van der Waals surface area contributed by atoms with Crippen LogP contribution in [0.5, 0.6) is 0 Å². The number of benzene rings is 1. The van der Waals surface area contributed by atoms with E-state index in [0.29, 0.717) is 24.4 Å². The summed E-state index contributed by atoms with van der Waals surface area (Å²) in [6.45, 7) is 0.515. The third-order valence-electron chi connectivity index (χ3n) is 9.94. The highest BCUT2D eigenvalue weighted by Crippen LogP contribution is 2.45. The van der Waals surface area contributed by atoms with E-state index in [1.807, 2.05) is 24.3 Å². The first kappa shape index (κ1) is 32.2. The van der Waals surface area contributed by atoms with Crippen molar-refractivity contribution in [3.63, 3.8) is 0 Å². The number of hydrogen-bond acceptors (Lipinski definition) is 7. The first-order valence-electron chi connectivity index (χ1n) is 16.4. The lowest BCUT2D eigenvalue weighted by molar-refractivity contribution is -0.145. The molecule has 1 saturated heterocycles. The number of fused-ring (bicyclic) bond motifs is 3. The Kier molecular flexibility index (Phi) is 9.44. The van der Waals surface area contributed by atoms with Crippen molar-refractivity contribution in [2.24, 2.45) is 5.92 Å². The largest absolute Gasteiger partial charge is 0.479 e. The van der Waals surface area contributed by atoms with Crippen LogP contribution in [-0.4, -0.2) is 81.3 Å². The van der Waals surface area contributed by atoms with Gasteiger partial charge < -0.3 is 30.1 Å². The van der Waals surface area contributed by atoms with Gasteiger partial charge in [-0.1, -0.05) is 48.7 Å².